The number of aliphatic hydroxyl groups is 1. The minimum Gasteiger partial charge on any atom is -0.479 e. The van der Waals surface area contributed by atoms with Crippen LogP contribution in [-0.4, -0.2) is 33.0 Å². The van der Waals surface area contributed by atoms with Gasteiger partial charge in [0.1, 0.15) is 0 Å². The Morgan fingerprint density at radius 3 is 2.61 bits per heavy atom. The molecule has 5 nitrogen and oxygen atoms in total. The quantitative estimate of drug-likeness (QED) is 0.842. The molecule has 1 unspecified atom stereocenters. The molecule has 96 valence electrons. The first-order valence-electron chi connectivity index (χ1n) is 5.76. The third-order valence-electron chi connectivity index (χ3n) is 3.14. The molecular weight excluding hydrogens is 234 g/mol. The predicted molar refractivity (Wildman–Crippen MR) is 64.0 cm³/mol. The highest BCUT2D eigenvalue weighted by atomic mass is 16.4. The smallest absolute Gasteiger partial charge is 0.337 e. The first-order valence-corrected chi connectivity index (χ1v) is 5.76. The van der Waals surface area contributed by atoms with E-state index >= 15 is 0 Å². The van der Waals surface area contributed by atoms with Gasteiger partial charge < -0.3 is 15.1 Å². The van der Waals surface area contributed by atoms with Crippen LogP contribution in [0.25, 0.3) is 0 Å². The van der Waals surface area contributed by atoms with E-state index in [1.807, 2.05) is 13.8 Å². The van der Waals surface area contributed by atoms with E-state index in [-0.39, 0.29) is 17.5 Å². The van der Waals surface area contributed by atoms with Crippen molar-refractivity contribution in [3.8, 4) is 0 Å². The number of rotatable bonds is 3. The molecule has 1 amide bonds. The van der Waals surface area contributed by atoms with Gasteiger partial charge in [-0.2, -0.15) is 0 Å². The third kappa shape index (κ3) is 1.97. The molecule has 1 atom stereocenters. The summed E-state index contributed by atoms with van der Waals surface area (Å²) in [7, 11) is 0. The van der Waals surface area contributed by atoms with Crippen molar-refractivity contribution in [1.29, 1.82) is 0 Å². The Morgan fingerprint density at radius 2 is 2.06 bits per heavy atom. The second-order valence-electron chi connectivity index (χ2n) is 4.68. The fourth-order valence-corrected chi connectivity index (χ4v) is 2.07. The Bertz CT molecular complexity index is 510. The number of hydrogen-bond acceptors (Lipinski definition) is 3. The summed E-state index contributed by atoms with van der Waals surface area (Å²) in [6, 6.07) is 4.82. The molecule has 0 aromatic heterocycles. The molecule has 1 heterocycles. The van der Waals surface area contributed by atoms with Crippen LogP contribution in [0.5, 0.6) is 0 Å². The molecule has 0 aliphatic carbocycles. The zero-order valence-electron chi connectivity index (χ0n) is 10.3. The van der Waals surface area contributed by atoms with Gasteiger partial charge in [0.25, 0.3) is 5.91 Å². The van der Waals surface area contributed by atoms with E-state index in [0.717, 1.165) is 5.56 Å². The molecule has 2 rings (SSSR count). The van der Waals surface area contributed by atoms with Crippen molar-refractivity contribution >= 4 is 11.9 Å². The predicted octanol–water partition coefficient (Wildman–Crippen LogP) is 1.17. The SMILES string of the molecule is CC(C)N1Cc2ccc(C(O)C(=O)O)cc2C1=O. The van der Waals surface area contributed by atoms with Gasteiger partial charge in [-0.05, 0) is 31.0 Å². The number of carboxylic acid groups (broad SMARTS) is 1. The molecule has 0 fully saturated rings. The summed E-state index contributed by atoms with van der Waals surface area (Å²) in [5.41, 5.74) is 1.59. The fourth-order valence-electron chi connectivity index (χ4n) is 2.07. The van der Waals surface area contributed by atoms with E-state index in [1.54, 1.807) is 17.0 Å². The Hall–Kier alpha value is -1.88. The van der Waals surface area contributed by atoms with Crippen molar-refractivity contribution in [3.05, 3.63) is 34.9 Å². The molecule has 0 bridgehead atoms. The molecule has 0 radical (unpaired) electrons. The van der Waals surface area contributed by atoms with Crippen LogP contribution in [0.4, 0.5) is 0 Å². The zero-order chi connectivity index (χ0) is 13.4. The van der Waals surface area contributed by atoms with Gasteiger partial charge >= 0.3 is 5.97 Å². The fraction of sp³-hybridized carbons (Fsp3) is 0.385. The van der Waals surface area contributed by atoms with Crippen LogP contribution in [0.15, 0.2) is 18.2 Å². The van der Waals surface area contributed by atoms with Gasteiger partial charge in [0, 0.05) is 18.2 Å². The van der Waals surface area contributed by atoms with Crippen LogP contribution in [-0.2, 0) is 11.3 Å². The van der Waals surface area contributed by atoms with Crippen molar-refractivity contribution < 1.29 is 19.8 Å². The molecule has 0 spiro atoms. The maximum absolute atomic E-state index is 12.1. The van der Waals surface area contributed by atoms with Gasteiger partial charge in [-0.15, -0.1) is 0 Å². The number of carbonyl (C=O) groups excluding carboxylic acids is 1. The second kappa shape index (κ2) is 4.42. The molecule has 2 N–H and O–H groups in total. The average Bonchev–Trinajstić information content (AvgIpc) is 2.65. The highest BCUT2D eigenvalue weighted by Gasteiger charge is 2.30. The van der Waals surface area contributed by atoms with Gasteiger partial charge in [-0.25, -0.2) is 4.79 Å². The molecule has 18 heavy (non-hydrogen) atoms. The number of benzene rings is 1. The van der Waals surface area contributed by atoms with Crippen LogP contribution in [0.2, 0.25) is 0 Å². The average molecular weight is 249 g/mol. The van der Waals surface area contributed by atoms with E-state index in [9.17, 15) is 14.7 Å². The molecule has 0 saturated heterocycles. The summed E-state index contributed by atoms with van der Waals surface area (Å²) in [5.74, 6) is -1.43. The lowest BCUT2D eigenvalue weighted by Crippen LogP contribution is -2.30. The molecule has 1 aromatic carbocycles. The number of nitrogens with zero attached hydrogens (tertiary/aromatic N) is 1. The van der Waals surface area contributed by atoms with E-state index in [4.69, 9.17) is 5.11 Å². The van der Waals surface area contributed by atoms with Crippen molar-refractivity contribution in [2.75, 3.05) is 0 Å². The van der Waals surface area contributed by atoms with Crippen LogP contribution < -0.4 is 0 Å². The first-order chi connectivity index (χ1) is 8.41. The lowest BCUT2D eigenvalue weighted by molar-refractivity contribution is -0.146. The summed E-state index contributed by atoms with van der Waals surface area (Å²) in [6.45, 7) is 4.39. The number of carbonyl (C=O) groups is 2. The highest BCUT2D eigenvalue weighted by Crippen LogP contribution is 2.27. The highest BCUT2D eigenvalue weighted by molar-refractivity contribution is 5.99. The Morgan fingerprint density at radius 1 is 1.39 bits per heavy atom. The summed E-state index contributed by atoms with van der Waals surface area (Å²) < 4.78 is 0. The minimum atomic E-state index is -1.59. The normalized spacial score (nSPS) is 16.0. The van der Waals surface area contributed by atoms with Crippen LogP contribution in [0.3, 0.4) is 0 Å². The van der Waals surface area contributed by atoms with Gasteiger partial charge in [-0.3, -0.25) is 4.79 Å². The number of aliphatic carboxylic acids is 1. The molecule has 5 heteroatoms. The van der Waals surface area contributed by atoms with Crippen LogP contribution in [0, 0.1) is 0 Å². The number of fused-ring (bicyclic) bond motifs is 1. The molecule has 1 aliphatic rings. The molecule has 0 saturated carbocycles. The second-order valence-corrected chi connectivity index (χ2v) is 4.68. The van der Waals surface area contributed by atoms with Crippen molar-refractivity contribution in [2.45, 2.75) is 32.5 Å². The summed E-state index contributed by atoms with van der Waals surface area (Å²) >= 11 is 0. The molecule has 1 aromatic rings. The lowest BCUT2D eigenvalue weighted by atomic mass is 10.0. The third-order valence-corrected chi connectivity index (χ3v) is 3.14. The number of carboxylic acids is 1. The summed E-state index contributed by atoms with van der Waals surface area (Å²) in [5, 5.41) is 18.2. The first kappa shape index (κ1) is 12.6. The zero-order valence-corrected chi connectivity index (χ0v) is 10.3. The van der Waals surface area contributed by atoms with E-state index in [1.165, 1.54) is 6.07 Å². The number of hydrogen-bond donors (Lipinski definition) is 2. The van der Waals surface area contributed by atoms with E-state index < -0.39 is 12.1 Å². The maximum Gasteiger partial charge on any atom is 0.337 e. The van der Waals surface area contributed by atoms with Gasteiger partial charge in [0.15, 0.2) is 6.10 Å². The number of amides is 1. The molecule has 1 aliphatic heterocycles. The Labute approximate surface area is 105 Å². The van der Waals surface area contributed by atoms with Gasteiger partial charge in [-0.1, -0.05) is 12.1 Å². The summed E-state index contributed by atoms with van der Waals surface area (Å²) in [6.07, 6.45) is -1.59. The maximum atomic E-state index is 12.1. The Kier molecular flexibility index (Phi) is 3.09. The van der Waals surface area contributed by atoms with Gasteiger partial charge in [0.2, 0.25) is 0 Å². The minimum absolute atomic E-state index is 0.0951. The lowest BCUT2D eigenvalue weighted by Gasteiger charge is -2.19. The van der Waals surface area contributed by atoms with Crippen molar-refractivity contribution in [2.24, 2.45) is 0 Å². The molecular formula is C13H15NO4. The van der Waals surface area contributed by atoms with Crippen LogP contribution >= 0.6 is 0 Å². The standard InChI is InChI=1S/C13H15NO4/c1-7(2)14-6-9-4-3-8(11(15)13(17)18)5-10(9)12(14)16/h3-5,7,11,15H,6H2,1-2H3,(H,17,18). The summed E-state index contributed by atoms with van der Waals surface area (Å²) in [4.78, 5) is 24.5. The van der Waals surface area contributed by atoms with E-state index in [2.05, 4.69) is 0 Å². The van der Waals surface area contributed by atoms with Crippen molar-refractivity contribution in [1.82, 2.24) is 4.90 Å². The monoisotopic (exact) mass is 249 g/mol. The van der Waals surface area contributed by atoms with E-state index in [0.29, 0.717) is 12.1 Å². The van der Waals surface area contributed by atoms with Crippen molar-refractivity contribution in [3.63, 3.8) is 0 Å². The van der Waals surface area contributed by atoms with Gasteiger partial charge in [0.05, 0.1) is 0 Å². The Balaban J connectivity index is 2.36. The topological polar surface area (TPSA) is 77.8 Å². The number of aliphatic hydroxyl groups excluding tert-OH is 1. The van der Waals surface area contributed by atoms with Crippen LogP contribution in [0.1, 0.15) is 41.4 Å². The largest absolute Gasteiger partial charge is 0.479 e.